The molecule has 0 radical (unpaired) electrons. The molecule has 4 rings (SSSR count). The fraction of sp³-hybridized carbons (Fsp3) is 0.350. The minimum atomic E-state index is -0.0829. The van der Waals surface area contributed by atoms with Gasteiger partial charge in [-0.2, -0.15) is 5.26 Å². The number of anilines is 1. The highest BCUT2D eigenvalue weighted by atomic mass is 32.2. The molecule has 1 fully saturated rings. The first-order valence-electron chi connectivity index (χ1n) is 8.53. The fourth-order valence-corrected chi connectivity index (χ4v) is 4.08. The van der Waals surface area contributed by atoms with E-state index in [-0.39, 0.29) is 5.91 Å². The molecule has 1 aromatic heterocycles. The fourth-order valence-electron chi connectivity index (χ4n) is 3.52. The first-order chi connectivity index (χ1) is 12.1. The Hall–Kier alpha value is -2.32. The molecule has 0 unspecified atom stereocenters. The van der Waals surface area contributed by atoms with Crippen LogP contribution in [0.25, 0.3) is 0 Å². The average molecular weight is 349 g/mol. The van der Waals surface area contributed by atoms with E-state index in [0.717, 1.165) is 30.6 Å². The number of nitrogens with zero attached hydrogens (tertiary/aromatic N) is 3. The summed E-state index contributed by atoms with van der Waals surface area (Å²) in [6.07, 6.45) is 5.01. The normalized spacial score (nSPS) is 15.8. The van der Waals surface area contributed by atoms with Crippen molar-refractivity contribution in [3.05, 3.63) is 52.2 Å². The minimum Gasteiger partial charge on any atom is -0.308 e. The molecule has 2 heterocycles. The van der Waals surface area contributed by atoms with E-state index in [1.165, 1.54) is 22.9 Å². The second kappa shape index (κ2) is 6.20. The van der Waals surface area contributed by atoms with Crippen LogP contribution in [0.15, 0.2) is 29.3 Å². The highest BCUT2D eigenvalue weighted by Gasteiger charge is 2.32. The predicted molar refractivity (Wildman–Crippen MR) is 99.3 cm³/mol. The van der Waals surface area contributed by atoms with Crippen molar-refractivity contribution in [3.8, 4) is 6.07 Å². The van der Waals surface area contributed by atoms with Gasteiger partial charge in [-0.05, 0) is 55.7 Å². The third-order valence-electron chi connectivity index (χ3n) is 5.04. The number of aryl methyl sites for hydroxylation is 1. The van der Waals surface area contributed by atoms with Gasteiger partial charge >= 0.3 is 0 Å². The summed E-state index contributed by atoms with van der Waals surface area (Å²) in [6, 6.07) is 10.1. The Morgan fingerprint density at radius 1 is 1.40 bits per heavy atom. The van der Waals surface area contributed by atoms with Crippen molar-refractivity contribution in [2.24, 2.45) is 0 Å². The van der Waals surface area contributed by atoms with Gasteiger partial charge in [0.2, 0.25) is 0 Å². The van der Waals surface area contributed by atoms with Crippen LogP contribution in [0.1, 0.15) is 51.5 Å². The van der Waals surface area contributed by atoms with Crippen LogP contribution in [0.4, 0.5) is 5.69 Å². The third-order valence-corrected chi connectivity index (χ3v) is 5.73. The molecule has 0 bridgehead atoms. The maximum absolute atomic E-state index is 13.3. The molecule has 0 saturated heterocycles. The zero-order chi connectivity index (χ0) is 17.6. The van der Waals surface area contributed by atoms with E-state index in [9.17, 15) is 10.1 Å². The second-order valence-corrected chi connectivity index (χ2v) is 7.44. The number of carbonyl (C=O) groups is 1. The summed E-state index contributed by atoms with van der Waals surface area (Å²) in [5, 5.41) is 10.3. The summed E-state index contributed by atoms with van der Waals surface area (Å²) in [5.41, 5.74) is 5.28. The van der Waals surface area contributed by atoms with Crippen LogP contribution in [0, 0.1) is 18.3 Å². The van der Waals surface area contributed by atoms with Crippen LogP contribution in [0.3, 0.4) is 0 Å². The molecule has 1 aromatic carbocycles. The maximum Gasteiger partial charge on any atom is 0.259 e. The van der Waals surface area contributed by atoms with Crippen molar-refractivity contribution in [2.45, 2.75) is 37.1 Å². The Morgan fingerprint density at radius 3 is 2.88 bits per heavy atom. The molecule has 0 atom stereocenters. The van der Waals surface area contributed by atoms with Gasteiger partial charge in [0, 0.05) is 23.8 Å². The van der Waals surface area contributed by atoms with Crippen LogP contribution in [0.5, 0.6) is 0 Å². The lowest BCUT2D eigenvalue weighted by Crippen LogP contribution is -2.30. The van der Waals surface area contributed by atoms with Crippen molar-refractivity contribution >= 4 is 23.4 Å². The van der Waals surface area contributed by atoms with Gasteiger partial charge in [0.25, 0.3) is 5.91 Å². The first-order valence-corrected chi connectivity index (χ1v) is 9.76. The van der Waals surface area contributed by atoms with Gasteiger partial charge in [-0.1, -0.05) is 12.1 Å². The quantitative estimate of drug-likeness (QED) is 0.784. The Morgan fingerprint density at radius 2 is 2.20 bits per heavy atom. The topological polar surface area (TPSA) is 57.0 Å². The summed E-state index contributed by atoms with van der Waals surface area (Å²) < 4.78 is 0. The molecule has 25 heavy (non-hydrogen) atoms. The molecular weight excluding hydrogens is 330 g/mol. The van der Waals surface area contributed by atoms with E-state index in [1.54, 1.807) is 0 Å². The number of fused-ring (bicyclic) bond motifs is 1. The molecule has 1 amide bonds. The Bertz CT molecular complexity index is 912. The Kier molecular flexibility index (Phi) is 4.01. The third kappa shape index (κ3) is 2.71. The summed E-state index contributed by atoms with van der Waals surface area (Å²) in [4.78, 5) is 19.7. The number of aromatic nitrogens is 1. The van der Waals surface area contributed by atoms with Crippen LogP contribution in [0.2, 0.25) is 0 Å². The monoisotopic (exact) mass is 349 g/mol. The van der Waals surface area contributed by atoms with E-state index >= 15 is 0 Å². The Labute approximate surface area is 151 Å². The van der Waals surface area contributed by atoms with Gasteiger partial charge in [0.05, 0.1) is 11.1 Å². The lowest BCUT2D eigenvalue weighted by atomic mass is 10.1. The number of nitriles is 1. The average Bonchev–Trinajstić information content (AvgIpc) is 3.39. The molecule has 1 aliphatic heterocycles. The van der Waals surface area contributed by atoms with Gasteiger partial charge in [0.1, 0.15) is 11.1 Å². The number of thioether (sulfide) groups is 1. The van der Waals surface area contributed by atoms with Crippen LogP contribution in [-0.4, -0.2) is 23.7 Å². The molecule has 0 spiro atoms. The molecule has 1 saturated carbocycles. The zero-order valence-electron chi connectivity index (χ0n) is 14.4. The molecule has 1 aliphatic carbocycles. The number of hydrogen-bond donors (Lipinski definition) is 0. The number of rotatable bonds is 3. The summed E-state index contributed by atoms with van der Waals surface area (Å²) >= 11 is 1.44. The van der Waals surface area contributed by atoms with Crippen molar-refractivity contribution in [2.75, 3.05) is 17.7 Å². The van der Waals surface area contributed by atoms with Crippen molar-refractivity contribution < 1.29 is 4.79 Å². The lowest BCUT2D eigenvalue weighted by Gasteiger charge is -2.19. The van der Waals surface area contributed by atoms with Gasteiger partial charge in [0.15, 0.2) is 0 Å². The van der Waals surface area contributed by atoms with E-state index in [1.807, 2.05) is 29.4 Å². The number of benzene rings is 1. The highest BCUT2D eigenvalue weighted by Crippen LogP contribution is 2.41. The summed E-state index contributed by atoms with van der Waals surface area (Å²) in [6.45, 7) is 2.75. The van der Waals surface area contributed by atoms with E-state index in [0.29, 0.717) is 28.6 Å². The van der Waals surface area contributed by atoms with Crippen molar-refractivity contribution in [3.63, 3.8) is 0 Å². The molecule has 4 nitrogen and oxygen atoms in total. The first kappa shape index (κ1) is 16.2. The lowest BCUT2D eigenvalue weighted by molar-refractivity contribution is 0.0988. The van der Waals surface area contributed by atoms with Crippen LogP contribution >= 0.6 is 11.8 Å². The molecule has 2 aliphatic rings. The standard InChI is InChI=1S/C20H19N3OS/c1-12-4-3-5-18-14(12)8-9-23(18)20(24)15-10-17(13-6-7-13)22-19(25-2)16(15)11-21/h3-5,10,13H,6-9H2,1-2H3. The van der Waals surface area contributed by atoms with E-state index in [4.69, 9.17) is 0 Å². The van der Waals surface area contributed by atoms with Crippen molar-refractivity contribution in [1.82, 2.24) is 4.98 Å². The molecule has 126 valence electrons. The maximum atomic E-state index is 13.3. The molecule has 2 aromatic rings. The molecule has 0 N–H and O–H groups in total. The van der Waals surface area contributed by atoms with Crippen LogP contribution < -0.4 is 4.90 Å². The van der Waals surface area contributed by atoms with Gasteiger partial charge < -0.3 is 4.90 Å². The van der Waals surface area contributed by atoms with Crippen molar-refractivity contribution in [1.29, 1.82) is 5.26 Å². The van der Waals surface area contributed by atoms with Crippen LogP contribution in [-0.2, 0) is 6.42 Å². The van der Waals surface area contributed by atoms with E-state index in [2.05, 4.69) is 24.0 Å². The van der Waals surface area contributed by atoms with Gasteiger partial charge in [-0.15, -0.1) is 11.8 Å². The number of carbonyl (C=O) groups excluding carboxylic acids is 1. The largest absolute Gasteiger partial charge is 0.308 e. The highest BCUT2D eigenvalue weighted by molar-refractivity contribution is 7.98. The predicted octanol–water partition coefficient (Wildman–Crippen LogP) is 4.06. The number of amides is 1. The number of pyridine rings is 1. The smallest absolute Gasteiger partial charge is 0.259 e. The van der Waals surface area contributed by atoms with Gasteiger partial charge in [-0.25, -0.2) is 4.98 Å². The molecule has 5 heteroatoms. The number of hydrogen-bond acceptors (Lipinski definition) is 4. The summed E-state index contributed by atoms with van der Waals surface area (Å²) in [7, 11) is 0. The minimum absolute atomic E-state index is 0.0829. The Balaban J connectivity index is 1.80. The molecular formula is C20H19N3OS. The van der Waals surface area contributed by atoms with E-state index < -0.39 is 0 Å². The van der Waals surface area contributed by atoms with Gasteiger partial charge in [-0.3, -0.25) is 4.79 Å². The summed E-state index contributed by atoms with van der Waals surface area (Å²) in [5.74, 6) is 0.360. The SMILES string of the molecule is CSc1nc(C2CC2)cc(C(=O)N2CCc3c(C)cccc32)c1C#N. The zero-order valence-corrected chi connectivity index (χ0v) is 15.2. The second-order valence-electron chi connectivity index (χ2n) is 6.64.